The smallest absolute Gasteiger partial charge is 0.266 e. The second-order valence-electron chi connectivity index (χ2n) is 5.22. The SMILES string of the molecule is C/C=C\C(=O)N(C)n1nccc1C(=N)OC1CCCNCC1. The maximum absolute atomic E-state index is 11.9. The topological polar surface area (TPSA) is 83.2 Å². The highest BCUT2D eigenvalue weighted by molar-refractivity contribution is 5.97. The van der Waals surface area contributed by atoms with Crippen molar-refractivity contribution in [2.24, 2.45) is 0 Å². The van der Waals surface area contributed by atoms with E-state index in [1.165, 1.54) is 15.9 Å². The van der Waals surface area contributed by atoms with Crippen molar-refractivity contribution in [3.05, 3.63) is 30.1 Å². The van der Waals surface area contributed by atoms with Gasteiger partial charge in [-0.15, -0.1) is 0 Å². The summed E-state index contributed by atoms with van der Waals surface area (Å²) in [5, 5.41) is 16.9. The van der Waals surface area contributed by atoms with Gasteiger partial charge in [0.25, 0.3) is 5.91 Å². The van der Waals surface area contributed by atoms with E-state index in [1.807, 2.05) is 0 Å². The van der Waals surface area contributed by atoms with Crippen LogP contribution in [0.25, 0.3) is 0 Å². The Balaban J connectivity index is 2.07. The number of ether oxygens (including phenoxy) is 1. The summed E-state index contributed by atoms with van der Waals surface area (Å²) in [6.45, 7) is 3.67. The lowest BCUT2D eigenvalue weighted by Crippen LogP contribution is -2.38. The number of rotatable bonds is 4. The van der Waals surface area contributed by atoms with Crippen LogP contribution in [0.5, 0.6) is 0 Å². The van der Waals surface area contributed by atoms with Gasteiger partial charge in [-0.2, -0.15) is 9.89 Å². The summed E-state index contributed by atoms with van der Waals surface area (Å²) < 4.78 is 5.77. The van der Waals surface area contributed by atoms with Crippen LogP contribution in [-0.2, 0) is 9.53 Å². The highest BCUT2D eigenvalue weighted by Crippen LogP contribution is 2.13. The Kier molecular flexibility index (Phi) is 5.71. The first kappa shape index (κ1) is 16.2. The van der Waals surface area contributed by atoms with Crippen LogP contribution in [-0.4, -0.2) is 47.9 Å². The fourth-order valence-corrected chi connectivity index (χ4v) is 2.38. The molecule has 7 heteroatoms. The third-order valence-corrected chi connectivity index (χ3v) is 3.58. The molecule has 1 atom stereocenters. The van der Waals surface area contributed by atoms with E-state index >= 15 is 0 Å². The monoisotopic (exact) mass is 305 g/mol. The zero-order chi connectivity index (χ0) is 15.9. The lowest BCUT2D eigenvalue weighted by molar-refractivity contribution is -0.115. The molecule has 1 amide bonds. The number of nitrogens with zero attached hydrogens (tertiary/aromatic N) is 3. The van der Waals surface area contributed by atoms with Gasteiger partial charge in [0.15, 0.2) is 0 Å². The minimum Gasteiger partial charge on any atom is -0.473 e. The molecule has 0 saturated carbocycles. The third-order valence-electron chi connectivity index (χ3n) is 3.58. The first-order valence-electron chi connectivity index (χ1n) is 7.54. The molecule has 7 nitrogen and oxygen atoms in total. The number of aromatic nitrogens is 2. The number of nitrogens with one attached hydrogen (secondary N) is 2. The normalized spacial score (nSPS) is 18.9. The van der Waals surface area contributed by atoms with Crippen molar-refractivity contribution < 1.29 is 9.53 Å². The molecule has 2 N–H and O–H groups in total. The molecule has 1 aliphatic rings. The van der Waals surface area contributed by atoms with Crippen molar-refractivity contribution in [2.45, 2.75) is 32.3 Å². The van der Waals surface area contributed by atoms with Gasteiger partial charge < -0.3 is 10.1 Å². The second kappa shape index (κ2) is 7.74. The van der Waals surface area contributed by atoms with E-state index in [2.05, 4.69) is 10.4 Å². The molecule has 2 heterocycles. The molecular weight excluding hydrogens is 282 g/mol. The van der Waals surface area contributed by atoms with Crippen LogP contribution < -0.4 is 10.3 Å². The predicted octanol–water partition coefficient (Wildman–Crippen LogP) is 1.04. The van der Waals surface area contributed by atoms with Gasteiger partial charge in [0, 0.05) is 13.1 Å². The maximum Gasteiger partial charge on any atom is 0.266 e. The van der Waals surface area contributed by atoms with E-state index in [0.29, 0.717) is 5.69 Å². The Morgan fingerprint density at radius 2 is 2.36 bits per heavy atom. The number of carbonyl (C=O) groups is 1. The van der Waals surface area contributed by atoms with Gasteiger partial charge in [-0.1, -0.05) is 6.08 Å². The van der Waals surface area contributed by atoms with Crippen LogP contribution in [0.15, 0.2) is 24.4 Å². The Labute approximate surface area is 130 Å². The van der Waals surface area contributed by atoms with Crippen molar-refractivity contribution in [1.29, 1.82) is 5.41 Å². The van der Waals surface area contributed by atoms with Crippen molar-refractivity contribution in [2.75, 3.05) is 25.1 Å². The quantitative estimate of drug-likeness (QED) is 0.494. The van der Waals surface area contributed by atoms with Crippen LogP contribution >= 0.6 is 0 Å². The molecule has 2 rings (SSSR count). The standard InChI is InChI=1S/C15H23N5O2/c1-3-5-14(21)19(2)20-13(8-11-18-20)15(16)22-12-6-4-9-17-10-7-12/h3,5,8,11-12,16-17H,4,6-7,9-10H2,1-2H3/b5-3-,16-15?. The maximum atomic E-state index is 11.9. The number of likely N-dealkylation sites (N-methyl/N-ethyl adjacent to an activating group) is 1. The number of carbonyl (C=O) groups excluding carboxylic acids is 1. The molecule has 0 spiro atoms. The van der Waals surface area contributed by atoms with Crippen LogP contribution in [0, 0.1) is 5.41 Å². The average molecular weight is 305 g/mol. The van der Waals surface area contributed by atoms with Gasteiger partial charge in [-0.25, -0.2) is 5.01 Å². The Bertz CT molecular complexity index is 544. The summed E-state index contributed by atoms with van der Waals surface area (Å²) in [7, 11) is 1.61. The largest absolute Gasteiger partial charge is 0.473 e. The highest BCUT2D eigenvalue weighted by Gasteiger charge is 2.20. The predicted molar refractivity (Wildman–Crippen MR) is 84.6 cm³/mol. The summed E-state index contributed by atoms with van der Waals surface area (Å²) in [6.07, 6.45) is 7.55. The summed E-state index contributed by atoms with van der Waals surface area (Å²) >= 11 is 0. The Morgan fingerprint density at radius 3 is 3.14 bits per heavy atom. The zero-order valence-corrected chi connectivity index (χ0v) is 13.1. The number of allylic oxidation sites excluding steroid dienone is 1. The second-order valence-corrected chi connectivity index (χ2v) is 5.22. The molecule has 0 bridgehead atoms. The van der Waals surface area contributed by atoms with E-state index in [4.69, 9.17) is 10.1 Å². The van der Waals surface area contributed by atoms with Crippen molar-refractivity contribution in [3.8, 4) is 0 Å². The molecular formula is C15H23N5O2. The van der Waals surface area contributed by atoms with Crippen LogP contribution in [0.4, 0.5) is 0 Å². The van der Waals surface area contributed by atoms with Gasteiger partial charge in [0.1, 0.15) is 11.8 Å². The summed E-state index contributed by atoms with van der Waals surface area (Å²) in [5.41, 5.74) is 0.470. The lowest BCUT2D eigenvalue weighted by Gasteiger charge is -2.21. The van der Waals surface area contributed by atoms with Crippen LogP contribution in [0.3, 0.4) is 0 Å². The van der Waals surface area contributed by atoms with Gasteiger partial charge in [0.05, 0.1) is 6.20 Å². The van der Waals surface area contributed by atoms with E-state index in [1.54, 1.807) is 32.3 Å². The fraction of sp³-hybridized carbons (Fsp3) is 0.533. The molecule has 0 radical (unpaired) electrons. The molecule has 1 aromatic rings. The molecule has 1 unspecified atom stereocenters. The van der Waals surface area contributed by atoms with Gasteiger partial charge in [-0.3, -0.25) is 10.2 Å². The third kappa shape index (κ3) is 3.94. The zero-order valence-electron chi connectivity index (χ0n) is 13.1. The molecule has 22 heavy (non-hydrogen) atoms. The summed E-state index contributed by atoms with van der Waals surface area (Å²) in [5.74, 6) is -0.163. The lowest BCUT2D eigenvalue weighted by atomic mass is 10.1. The number of hydrogen-bond acceptors (Lipinski definition) is 5. The molecule has 0 aliphatic carbocycles. The molecule has 120 valence electrons. The Hall–Kier alpha value is -2.15. The Morgan fingerprint density at radius 1 is 1.55 bits per heavy atom. The van der Waals surface area contributed by atoms with Crippen LogP contribution in [0.2, 0.25) is 0 Å². The van der Waals surface area contributed by atoms with Gasteiger partial charge in [-0.05, 0) is 45.3 Å². The first-order chi connectivity index (χ1) is 10.6. The molecule has 1 aromatic heterocycles. The number of amides is 1. The van der Waals surface area contributed by atoms with E-state index in [-0.39, 0.29) is 17.9 Å². The average Bonchev–Trinajstić information content (AvgIpc) is 2.86. The molecule has 0 aromatic carbocycles. The van der Waals surface area contributed by atoms with Gasteiger partial charge >= 0.3 is 0 Å². The number of hydrogen-bond donors (Lipinski definition) is 2. The summed E-state index contributed by atoms with van der Waals surface area (Å²) in [6, 6.07) is 1.68. The van der Waals surface area contributed by atoms with E-state index in [9.17, 15) is 4.79 Å². The fourth-order valence-electron chi connectivity index (χ4n) is 2.38. The van der Waals surface area contributed by atoms with E-state index in [0.717, 1.165) is 32.4 Å². The van der Waals surface area contributed by atoms with Crippen molar-refractivity contribution >= 4 is 11.8 Å². The van der Waals surface area contributed by atoms with Gasteiger partial charge in [0.2, 0.25) is 5.90 Å². The first-order valence-corrected chi connectivity index (χ1v) is 7.54. The summed E-state index contributed by atoms with van der Waals surface area (Å²) in [4.78, 5) is 13.3. The van der Waals surface area contributed by atoms with Crippen LogP contribution in [0.1, 0.15) is 31.9 Å². The minimum absolute atomic E-state index is 0.0300. The van der Waals surface area contributed by atoms with E-state index < -0.39 is 0 Å². The molecule has 1 fully saturated rings. The molecule has 1 saturated heterocycles. The van der Waals surface area contributed by atoms with Crippen molar-refractivity contribution in [1.82, 2.24) is 15.2 Å². The highest BCUT2D eigenvalue weighted by atomic mass is 16.5. The molecule has 1 aliphatic heterocycles. The minimum atomic E-state index is -0.209. The van der Waals surface area contributed by atoms with Crippen molar-refractivity contribution in [3.63, 3.8) is 0 Å².